The molecule has 0 aliphatic carbocycles. The van der Waals surface area contributed by atoms with E-state index < -0.39 is 0 Å². The lowest BCUT2D eigenvalue weighted by atomic mass is 10.2. The molecule has 0 fully saturated rings. The third-order valence-corrected chi connectivity index (χ3v) is 4.11. The van der Waals surface area contributed by atoms with Gasteiger partial charge in [0.05, 0.1) is 12.1 Å². The van der Waals surface area contributed by atoms with Crippen LogP contribution < -0.4 is 4.57 Å². The van der Waals surface area contributed by atoms with Gasteiger partial charge in [0.15, 0.2) is 0 Å². The van der Waals surface area contributed by atoms with Crippen molar-refractivity contribution in [2.45, 2.75) is 10.9 Å². The molecule has 0 N–H and O–H groups in total. The molecular formula is C16H16N3S+. The number of nitrogens with zero attached hydrogens (tertiary/aromatic N) is 3. The molecule has 0 aliphatic rings. The van der Waals surface area contributed by atoms with Gasteiger partial charge in [-0.1, -0.05) is 53.2 Å². The highest BCUT2D eigenvalue weighted by atomic mass is 32.2. The summed E-state index contributed by atoms with van der Waals surface area (Å²) in [6.45, 7) is 0. The Morgan fingerprint density at radius 3 is 2.35 bits per heavy atom. The smallest absolute Gasteiger partial charge is 0.228 e. The summed E-state index contributed by atoms with van der Waals surface area (Å²) in [6, 6.07) is 20.6. The molecule has 0 atom stereocenters. The van der Waals surface area contributed by atoms with Gasteiger partial charge in [0.25, 0.3) is 0 Å². The van der Waals surface area contributed by atoms with Gasteiger partial charge >= 0.3 is 5.16 Å². The van der Waals surface area contributed by atoms with Crippen molar-refractivity contribution in [1.29, 1.82) is 0 Å². The van der Waals surface area contributed by atoms with E-state index in [4.69, 9.17) is 0 Å². The second-order valence-corrected chi connectivity index (χ2v) is 5.51. The van der Waals surface area contributed by atoms with Gasteiger partial charge < -0.3 is 0 Å². The van der Waals surface area contributed by atoms with Crippen molar-refractivity contribution in [3.63, 3.8) is 0 Å². The van der Waals surface area contributed by atoms with E-state index in [9.17, 15) is 0 Å². The lowest BCUT2D eigenvalue weighted by Gasteiger charge is -1.96. The van der Waals surface area contributed by atoms with Crippen LogP contribution in [0.2, 0.25) is 0 Å². The molecule has 3 rings (SSSR count). The Morgan fingerprint density at radius 1 is 1.00 bits per heavy atom. The van der Waals surface area contributed by atoms with Crippen molar-refractivity contribution in [3.8, 4) is 5.69 Å². The summed E-state index contributed by atoms with van der Waals surface area (Å²) < 4.78 is 3.97. The van der Waals surface area contributed by atoms with Crippen LogP contribution in [-0.2, 0) is 12.8 Å². The molecule has 1 aromatic heterocycles. The summed E-state index contributed by atoms with van der Waals surface area (Å²) in [5.74, 6) is 0.931. The van der Waals surface area contributed by atoms with Crippen molar-refractivity contribution in [2.75, 3.05) is 0 Å². The number of thioether (sulfide) groups is 1. The first-order valence-corrected chi connectivity index (χ1v) is 7.49. The molecule has 0 spiro atoms. The minimum absolute atomic E-state index is 0.931. The first kappa shape index (κ1) is 12.9. The number of aromatic nitrogens is 3. The third kappa shape index (κ3) is 2.91. The van der Waals surface area contributed by atoms with Crippen molar-refractivity contribution < 1.29 is 4.57 Å². The van der Waals surface area contributed by atoms with Gasteiger partial charge in [-0.25, -0.2) is 4.57 Å². The van der Waals surface area contributed by atoms with Gasteiger partial charge in [-0.15, -0.1) is 0 Å². The molecule has 20 heavy (non-hydrogen) atoms. The fourth-order valence-electron chi connectivity index (χ4n) is 1.96. The summed E-state index contributed by atoms with van der Waals surface area (Å²) in [6.07, 6.45) is 2.00. The van der Waals surface area contributed by atoms with E-state index in [2.05, 4.69) is 46.1 Å². The number of aryl methyl sites for hydroxylation is 1. The minimum atomic E-state index is 0.931. The maximum Gasteiger partial charge on any atom is 0.337 e. The summed E-state index contributed by atoms with van der Waals surface area (Å²) in [7, 11) is 2.03. The van der Waals surface area contributed by atoms with Crippen LogP contribution in [0.1, 0.15) is 5.56 Å². The Labute approximate surface area is 122 Å². The highest BCUT2D eigenvalue weighted by molar-refractivity contribution is 7.98. The van der Waals surface area contributed by atoms with E-state index >= 15 is 0 Å². The van der Waals surface area contributed by atoms with Crippen molar-refractivity contribution in [3.05, 3.63) is 72.6 Å². The van der Waals surface area contributed by atoms with Crippen LogP contribution in [0.25, 0.3) is 5.69 Å². The van der Waals surface area contributed by atoms with Crippen LogP contribution in [-0.4, -0.2) is 9.78 Å². The van der Waals surface area contributed by atoms with Crippen LogP contribution in [0, 0.1) is 0 Å². The van der Waals surface area contributed by atoms with Gasteiger partial charge in [-0.3, -0.25) is 0 Å². The molecule has 0 unspecified atom stereocenters. The van der Waals surface area contributed by atoms with Crippen LogP contribution in [0.5, 0.6) is 0 Å². The molecule has 1 heterocycles. The highest BCUT2D eigenvalue weighted by Gasteiger charge is 2.15. The molecule has 0 saturated heterocycles. The molecule has 100 valence electrons. The maximum absolute atomic E-state index is 4.64. The minimum Gasteiger partial charge on any atom is -0.228 e. The number of para-hydroxylation sites is 1. The Bertz CT molecular complexity index is 677. The van der Waals surface area contributed by atoms with E-state index in [1.807, 2.05) is 42.3 Å². The zero-order valence-corrected chi connectivity index (χ0v) is 12.1. The first-order chi connectivity index (χ1) is 9.83. The van der Waals surface area contributed by atoms with E-state index in [-0.39, 0.29) is 0 Å². The normalized spacial score (nSPS) is 10.7. The lowest BCUT2D eigenvalue weighted by molar-refractivity contribution is -0.709. The summed E-state index contributed by atoms with van der Waals surface area (Å²) >= 11 is 1.75. The van der Waals surface area contributed by atoms with E-state index in [0.29, 0.717) is 0 Å². The largest absolute Gasteiger partial charge is 0.337 e. The molecular weight excluding hydrogens is 266 g/mol. The van der Waals surface area contributed by atoms with Crippen LogP contribution >= 0.6 is 11.8 Å². The second kappa shape index (κ2) is 5.92. The molecule has 0 saturated carbocycles. The average molecular weight is 282 g/mol. The zero-order chi connectivity index (χ0) is 13.8. The summed E-state index contributed by atoms with van der Waals surface area (Å²) in [4.78, 5) is 0. The Hall–Kier alpha value is -2.07. The number of hydrogen-bond donors (Lipinski definition) is 0. The third-order valence-electron chi connectivity index (χ3n) is 3.01. The molecule has 0 bridgehead atoms. The van der Waals surface area contributed by atoms with Gasteiger partial charge in [0, 0.05) is 5.75 Å². The Balaban J connectivity index is 1.76. The topological polar surface area (TPSA) is 21.7 Å². The molecule has 3 nitrogen and oxygen atoms in total. The van der Waals surface area contributed by atoms with Crippen LogP contribution in [0.4, 0.5) is 0 Å². The number of benzene rings is 2. The Morgan fingerprint density at radius 2 is 1.65 bits per heavy atom. The van der Waals surface area contributed by atoms with Gasteiger partial charge in [0.1, 0.15) is 5.69 Å². The zero-order valence-electron chi connectivity index (χ0n) is 11.3. The fourth-order valence-corrected chi connectivity index (χ4v) is 2.84. The van der Waals surface area contributed by atoms with Gasteiger partial charge in [-0.05, 0) is 29.5 Å². The van der Waals surface area contributed by atoms with Gasteiger partial charge in [0.2, 0.25) is 6.33 Å². The highest BCUT2D eigenvalue weighted by Crippen LogP contribution is 2.18. The number of hydrogen-bond acceptors (Lipinski definition) is 2. The average Bonchev–Trinajstić information content (AvgIpc) is 2.88. The molecule has 2 aromatic carbocycles. The van der Waals surface area contributed by atoms with Crippen LogP contribution in [0.15, 0.2) is 72.1 Å². The second-order valence-electron chi connectivity index (χ2n) is 4.56. The van der Waals surface area contributed by atoms with E-state index in [0.717, 1.165) is 16.6 Å². The predicted octanol–water partition coefficient (Wildman–Crippen LogP) is 2.99. The predicted molar refractivity (Wildman–Crippen MR) is 80.7 cm³/mol. The van der Waals surface area contributed by atoms with E-state index in [1.54, 1.807) is 11.8 Å². The van der Waals surface area contributed by atoms with Crippen LogP contribution in [0.3, 0.4) is 0 Å². The molecule has 3 aromatic rings. The van der Waals surface area contributed by atoms with Crippen molar-refractivity contribution in [2.24, 2.45) is 7.05 Å². The SMILES string of the molecule is C[n+]1cn(-c2ccccc2)nc1SCc1ccccc1. The summed E-state index contributed by atoms with van der Waals surface area (Å²) in [5, 5.41) is 5.65. The molecule has 0 radical (unpaired) electrons. The Kier molecular flexibility index (Phi) is 3.83. The standard InChI is InChI=1S/C16H16N3S/c1-18-13-19(15-10-6-3-7-11-15)17-16(18)20-12-14-8-4-2-5-9-14/h2-11,13H,12H2,1H3/q+1. The van der Waals surface area contributed by atoms with Crippen molar-refractivity contribution in [1.82, 2.24) is 9.78 Å². The quantitative estimate of drug-likeness (QED) is 0.542. The molecule has 0 aliphatic heterocycles. The van der Waals surface area contributed by atoms with E-state index in [1.165, 1.54) is 5.56 Å². The maximum atomic E-state index is 4.64. The van der Waals surface area contributed by atoms with Gasteiger partial charge in [-0.2, -0.15) is 0 Å². The summed E-state index contributed by atoms with van der Waals surface area (Å²) in [5.41, 5.74) is 2.39. The molecule has 0 amide bonds. The first-order valence-electron chi connectivity index (χ1n) is 6.50. The lowest BCUT2D eigenvalue weighted by Crippen LogP contribution is -2.27. The number of rotatable bonds is 4. The van der Waals surface area contributed by atoms with Crippen molar-refractivity contribution >= 4 is 11.8 Å². The fraction of sp³-hybridized carbons (Fsp3) is 0.125. The monoisotopic (exact) mass is 282 g/mol. The molecule has 4 heteroatoms.